The van der Waals surface area contributed by atoms with Crippen molar-refractivity contribution in [3.05, 3.63) is 68.6 Å². The van der Waals surface area contributed by atoms with E-state index in [1.807, 2.05) is 22.6 Å². The fourth-order valence-corrected chi connectivity index (χ4v) is 5.89. The Morgan fingerprint density at radius 2 is 2.06 bits per heavy atom. The number of rotatable bonds is 8. The zero-order chi connectivity index (χ0) is 25.2. The average molecular weight is 617 g/mol. The predicted molar refractivity (Wildman–Crippen MR) is 130 cm³/mol. The highest BCUT2D eigenvalue weighted by Gasteiger charge is 2.32. The van der Waals surface area contributed by atoms with Crippen molar-refractivity contribution >= 4 is 38.5 Å². The summed E-state index contributed by atoms with van der Waals surface area (Å²) >= 11 is 1.98. The van der Waals surface area contributed by atoms with E-state index in [2.05, 4.69) is 15.2 Å². The Morgan fingerprint density at radius 1 is 1.26 bits per heavy atom. The van der Waals surface area contributed by atoms with Gasteiger partial charge in [0, 0.05) is 35.1 Å². The highest BCUT2D eigenvalue weighted by Crippen LogP contribution is 2.29. The van der Waals surface area contributed by atoms with E-state index in [0.717, 1.165) is 18.5 Å². The Labute approximate surface area is 214 Å². The Morgan fingerprint density at radius 3 is 2.74 bits per heavy atom. The summed E-state index contributed by atoms with van der Waals surface area (Å²) in [5.74, 6) is -2.26. The molecule has 0 spiro atoms. The van der Waals surface area contributed by atoms with Crippen LogP contribution in [0.1, 0.15) is 34.3 Å². The third-order valence-electron chi connectivity index (χ3n) is 5.72. The minimum Gasteiger partial charge on any atom is -0.492 e. The number of aromatic amines is 1. The van der Waals surface area contributed by atoms with Gasteiger partial charge in [0.2, 0.25) is 0 Å². The van der Waals surface area contributed by atoms with Gasteiger partial charge in [0.15, 0.2) is 0 Å². The van der Waals surface area contributed by atoms with E-state index in [-0.39, 0.29) is 53.1 Å². The maximum absolute atomic E-state index is 14.4. The molecule has 3 N–H and O–H groups in total. The maximum atomic E-state index is 14.4. The number of primary amides is 1. The van der Waals surface area contributed by atoms with Crippen LogP contribution < -0.4 is 10.5 Å². The molecule has 1 aromatic heterocycles. The van der Waals surface area contributed by atoms with Crippen LogP contribution in [0.25, 0.3) is 0 Å². The summed E-state index contributed by atoms with van der Waals surface area (Å²) in [7, 11) is -3.83. The van der Waals surface area contributed by atoms with Crippen LogP contribution in [0.15, 0.2) is 41.8 Å². The van der Waals surface area contributed by atoms with Gasteiger partial charge in [-0.2, -0.15) is 9.40 Å². The molecule has 1 aliphatic heterocycles. The summed E-state index contributed by atoms with van der Waals surface area (Å²) in [5.41, 5.74) is 6.03. The highest BCUT2D eigenvalue weighted by atomic mass is 127. The number of hydrogen-bond acceptors (Lipinski definition) is 6. The van der Waals surface area contributed by atoms with Crippen molar-refractivity contribution in [3.8, 4) is 5.75 Å². The number of piperidine rings is 1. The van der Waals surface area contributed by atoms with Crippen molar-refractivity contribution < 1.29 is 26.7 Å². The van der Waals surface area contributed by atoms with Gasteiger partial charge in [0.25, 0.3) is 21.1 Å². The molecule has 0 saturated carbocycles. The second kappa shape index (κ2) is 10.5. The largest absolute Gasteiger partial charge is 0.492 e. The zero-order valence-electron chi connectivity index (χ0n) is 18.4. The number of halogens is 3. The van der Waals surface area contributed by atoms with E-state index in [0.29, 0.717) is 23.0 Å². The van der Waals surface area contributed by atoms with Crippen molar-refractivity contribution in [2.45, 2.75) is 24.4 Å². The molecule has 1 atom stereocenters. The zero-order valence-corrected chi connectivity index (χ0v) is 21.4. The Hall–Kier alpha value is -2.65. The molecular formula is C22H22F2IN5O4S. The van der Waals surface area contributed by atoms with Gasteiger partial charge in [-0.05, 0) is 64.8 Å². The number of carbonyl (C=O) groups is 1. The number of amides is 1. The number of nitrogens with zero attached hydrogens (tertiary/aromatic N) is 3. The molecular weight excluding hydrogens is 595 g/mol. The number of hydrogen-bond donors (Lipinski definition) is 2. The lowest BCUT2D eigenvalue weighted by Gasteiger charge is -2.31. The van der Waals surface area contributed by atoms with Crippen LogP contribution >= 0.6 is 22.6 Å². The number of H-pyrrole nitrogens is 1. The molecule has 1 unspecified atom stereocenters. The van der Waals surface area contributed by atoms with Crippen molar-refractivity contribution in [3.63, 3.8) is 0 Å². The van der Waals surface area contributed by atoms with Crippen LogP contribution in [0.4, 0.5) is 8.78 Å². The van der Waals surface area contributed by atoms with Gasteiger partial charge < -0.3 is 10.5 Å². The number of ether oxygens (including phenoxy) is 1. The fraction of sp³-hybridized carbons (Fsp3) is 0.318. The molecule has 2 aromatic carbocycles. The molecule has 9 nitrogen and oxygen atoms in total. The van der Waals surface area contributed by atoms with Crippen LogP contribution in [-0.4, -0.2) is 53.5 Å². The summed E-state index contributed by atoms with van der Waals surface area (Å²) in [6.07, 6.45) is 2.32. The van der Waals surface area contributed by atoms with Gasteiger partial charge in [-0.25, -0.2) is 27.3 Å². The molecule has 35 heavy (non-hydrogen) atoms. The summed E-state index contributed by atoms with van der Waals surface area (Å²) in [5, 5.41) is 5.71. The van der Waals surface area contributed by atoms with Crippen LogP contribution in [0.3, 0.4) is 0 Å². The molecule has 3 aromatic rings. The van der Waals surface area contributed by atoms with Crippen molar-refractivity contribution in [2.75, 3.05) is 19.7 Å². The second-order valence-electron chi connectivity index (χ2n) is 8.19. The van der Waals surface area contributed by atoms with Crippen LogP contribution in [-0.2, 0) is 16.4 Å². The molecule has 1 amide bonds. The molecule has 2 heterocycles. The molecule has 1 aliphatic rings. The topological polar surface area (TPSA) is 131 Å². The molecule has 13 heteroatoms. The third kappa shape index (κ3) is 5.78. The number of sulfonamides is 1. The number of aromatic nitrogens is 3. The smallest absolute Gasteiger partial charge is 0.278 e. The Bertz CT molecular complexity index is 1340. The van der Waals surface area contributed by atoms with Crippen molar-refractivity contribution in [1.29, 1.82) is 0 Å². The number of benzene rings is 2. The van der Waals surface area contributed by atoms with E-state index < -0.39 is 27.6 Å². The summed E-state index contributed by atoms with van der Waals surface area (Å²) < 4.78 is 62.1. The fourth-order valence-electron chi connectivity index (χ4n) is 4.07. The van der Waals surface area contributed by atoms with Gasteiger partial charge in [-0.15, -0.1) is 0 Å². The van der Waals surface area contributed by atoms with Gasteiger partial charge in [0.05, 0.1) is 12.2 Å². The summed E-state index contributed by atoms with van der Waals surface area (Å²) in [6.45, 7) is 0.506. The summed E-state index contributed by atoms with van der Waals surface area (Å²) in [4.78, 5) is 16.0. The van der Waals surface area contributed by atoms with E-state index in [4.69, 9.17) is 10.5 Å². The summed E-state index contributed by atoms with van der Waals surface area (Å²) in [6, 6.07) is 6.81. The monoisotopic (exact) mass is 617 g/mol. The predicted octanol–water partition coefficient (Wildman–Crippen LogP) is 2.86. The number of nitrogens with two attached hydrogens (primary N) is 1. The standard InChI is InChI=1S/C22H22F2IN5O4S/c23-16-7-15(6-14-3-4-17(25)9-18(14)24)20(21(26)31)19(8-16)34-11-13-2-1-5-30(10-13)35(32,33)22-27-12-28-29-22/h3-4,7-9,12-13H,1-2,5-6,10-11H2,(H2,26,31)(H,27,28,29). The maximum Gasteiger partial charge on any atom is 0.278 e. The van der Waals surface area contributed by atoms with Gasteiger partial charge >= 0.3 is 0 Å². The first kappa shape index (κ1) is 25.4. The molecule has 1 fully saturated rings. The first-order chi connectivity index (χ1) is 16.6. The first-order valence-electron chi connectivity index (χ1n) is 10.7. The molecule has 186 valence electrons. The molecule has 1 saturated heterocycles. The van der Waals surface area contributed by atoms with Crippen molar-refractivity contribution in [1.82, 2.24) is 19.5 Å². The molecule has 0 aliphatic carbocycles. The van der Waals surface area contributed by atoms with Gasteiger partial charge in [-0.3, -0.25) is 4.79 Å². The minimum absolute atomic E-state index is 0.0312. The van der Waals surface area contributed by atoms with Gasteiger partial charge in [-0.1, -0.05) is 6.07 Å². The Balaban J connectivity index is 1.53. The highest BCUT2D eigenvalue weighted by molar-refractivity contribution is 14.1. The number of nitrogens with one attached hydrogen (secondary N) is 1. The third-order valence-corrected chi connectivity index (χ3v) is 8.09. The van der Waals surface area contributed by atoms with Crippen LogP contribution in [0.5, 0.6) is 5.75 Å². The lowest BCUT2D eigenvalue weighted by Crippen LogP contribution is -2.42. The number of carbonyl (C=O) groups excluding carboxylic acids is 1. The molecule has 0 radical (unpaired) electrons. The van der Waals surface area contributed by atoms with Crippen LogP contribution in [0, 0.1) is 21.1 Å². The van der Waals surface area contributed by atoms with E-state index in [1.165, 1.54) is 10.4 Å². The van der Waals surface area contributed by atoms with Crippen molar-refractivity contribution in [2.24, 2.45) is 11.7 Å². The first-order valence-corrected chi connectivity index (χ1v) is 13.2. The van der Waals surface area contributed by atoms with E-state index in [1.54, 1.807) is 12.1 Å². The lowest BCUT2D eigenvalue weighted by atomic mass is 9.97. The normalized spacial score (nSPS) is 16.8. The Kier molecular flexibility index (Phi) is 7.66. The van der Waals surface area contributed by atoms with Crippen LogP contribution in [0.2, 0.25) is 0 Å². The molecule has 4 rings (SSSR count). The quantitative estimate of drug-likeness (QED) is 0.374. The molecule has 0 bridgehead atoms. The second-order valence-corrected chi connectivity index (χ2v) is 11.3. The minimum atomic E-state index is -3.83. The van der Waals surface area contributed by atoms with E-state index in [9.17, 15) is 22.0 Å². The van der Waals surface area contributed by atoms with Gasteiger partial charge in [0.1, 0.15) is 23.7 Å². The SMILES string of the molecule is NC(=O)c1c(Cc2ccc(I)cc2F)cc(F)cc1OCC1CCCN(S(=O)(=O)c2ncn[nH]2)C1. The van der Waals surface area contributed by atoms with E-state index >= 15 is 0 Å². The lowest BCUT2D eigenvalue weighted by molar-refractivity contribution is 0.0993. The average Bonchev–Trinajstić information content (AvgIpc) is 3.35.